The maximum absolute atomic E-state index is 9.82. The summed E-state index contributed by atoms with van der Waals surface area (Å²) in [4.78, 5) is 9.82. The predicted octanol–water partition coefficient (Wildman–Crippen LogP) is 1.96. The Labute approximate surface area is 85.9 Å². The van der Waals surface area contributed by atoms with Crippen LogP contribution < -0.4 is 5.73 Å². The molecule has 2 nitrogen and oxygen atoms in total. The quantitative estimate of drug-likeness (QED) is 0.778. The number of halogens is 4. The lowest BCUT2D eigenvalue weighted by Gasteiger charge is -1.81. The van der Waals surface area contributed by atoms with Crippen molar-refractivity contribution in [3.8, 4) is 0 Å². The largest absolute Gasteiger partial charge is 0.370 e. The maximum atomic E-state index is 9.82. The molecule has 0 aliphatic heterocycles. The van der Waals surface area contributed by atoms with E-state index in [1.807, 2.05) is 6.92 Å². The Morgan fingerprint density at radius 2 is 1.50 bits per heavy atom. The third-order valence-electron chi connectivity index (χ3n) is 0.496. The standard InChI is InChI=1S/C4H9NO.4ClH/c1-2-3-4(5)6;;;;/h2-3H2,1H3,(H2,5,6);4*1H. The first kappa shape index (κ1) is 31.1. The molecule has 0 atom stereocenters. The molecule has 0 aliphatic carbocycles. The first-order chi connectivity index (χ1) is 2.77. The molecular weight excluding hydrogens is 220 g/mol. The summed E-state index contributed by atoms with van der Waals surface area (Å²) >= 11 is 0. The number of carbonyl (C=O) groups is 1. The summed E-state index contributed by atoms with van der Waals surface area (Å²) in [5.41, 5.74) is 4.76. The summed E-state index contributed by atoms with van der Waals surface area (Å²) in [5, 5.41) is 0. The first-order valence-electron chi connectivity index (χ1n) is 2.05. The van der Waals surface area contributed by atoms with E-state index in [9.17, 15) is 4.79 Å². The summed E-state index contributed by atoms with van der Waals surface area (Å²) < 4.78 is 0. The number of amides is 1. The summed E-state index contributed by atoms with van der Waals surface area (Å²) in [6.07, 6.45) is 1.37. The third kappa shape index (κ3) is 38.1. The highest BCUT2D eigenvalue weighted by Crippen LogP contribution is 1.79. The zero-order chi connectivity index (χ0) is 4.99. The molecule has 0 radical (unpaired) electrons. The van der Waals surface area contributed by atoms with Gasteiger partial charge in [-0.15, -0.1) is 49.6 Å². The fourth-order valence-corrected chi connectivity index (χ4v) is 0.246. The van der Waals surface area contributed by atoms with Gasteiger partial charge in [-0.25, -0.2) is 0 Å². The monoisotopic (exact) mass is 231 g/mol. The Kier molecular flexibility index (Phi) is 70.4. The fraction of sp³-hybridized carbons (Fsp3) is 0.750. The van der Waals surface area contributed by atoms with Crippen molar-refractivity contribution in [3.05, 3.63) is 0 Å². The lowest BCUT2D eigenvalue weighted by atomic mass is 10.3. The average Bonchev–Trinajstić information content (AvgIpc) is 1.35. The Morgan fingerprint density at radius 3 is 1.50 bits per heavy atom. The zero-order valence-corrected chi connectivity index (χ0v) is 8.80. The van der Waals surface area contributed by atoms with Crippen LogP contribution in [0.25, 0.3) is 0 Å². The van der Waals surface area contributed by atoms with Gasteiger partial charge >= 0.3 is 0 Å². The predicted molar refractivity (Wildman–Crippen MR) is 53.1 cm³/mol. The van der Waals surface area contributed by atoms with Crippen LogP contribution in [0.5, 0.6) is 0 Å². The van der Waals surface area contributed by atoms with E-state index in [0.717, 1.165) is 6.42 Å². The van der Waals surface area contributed by atoms with Crippen molar-refractivity contribution in [2.45, 2.75) is 19.8 Å². The van der Waals surface area contributed by atoms with Gasteiger partial charge in [0.05, 0.1) is 0 Å². The summed E-state index contributed by atoms with van der Waals surface area (Å²) in [7, 11) is 0. The molecule has 0 unspecified atom stereocenters. The highest BCUT2D eigenvalue weighted by molar-refractivity contribution is 5.86. The van der Waals surface area contributed by atoms with Gasteiger partial charge in [0, 0.05) is 6.42 Å². The minimum absolute atomic E-state index is 0. The van der Waals surface area contributed by atoms with Gasteiger partial charge in [0.1, 0.15) is 0 Å². The van der Waals surface area contributed by atoms with Crippen LogP contribution in [0.4, 0.5) is 0 Å². The van der Waals surface area contributed by atoms with E-state index in [4.69, 9.17) is 5.73 Å². The molecule has 10 heavy (non-hydrogen) atoms. The van der Waals surface area contributed by atoms with Crippen LogP contribution in [0.1, 0.15) is 19.8 Å². The number of hydrogen-bond donors (Lipinski definition) is 1. The zero-order valence-electron chi connectivity index (χ0n) is 5.53. The molecule has 0 heterocycles. The molecule has 0 aromatic heterocycles. The fourth-order valence-electron chi connectivity index (χ4n) is 0.246. The molecule has 0 bridgehead atoms. The van der Waals surface area contributed by atoms with E-state index in [-0.39, 0.29) is 55.5 Å². The van der Waals surface area contributed by atoms with Gasteiger partial charge < -0.3 is 5.73 Å². The lowest BCUT2D eigenvalue weighted by molar-refractivity contribution is -0.118. The van der Waals surface area contributed by atoms with Gasteiger partial charge in [0.2, 0.25) is 5.91 Å². The molecule has 0 aromatic rings. The van der Waals surface area contributed by atoms with E-state index >= 15 is 0 Å². The number of primary amides is 1. The maximum Gasteiger partial charge on any atom is 0.217 e. The number of nitrogens with two attached hydrogens (primary N) is 1. The minimum atomic E-state index is -0.211. The Balaban J connectivity index is -0.0000000208. The van der Waals surface area contributed by atoms with E-state index in [1.165, 1.54) is 0 Å². The second-order valence-corrected chi connectivity index (χ2v) is 1.22. The van der Waals surface area contributed by atoms with Gasteiger partial charge in [-0.2, -0.15) is 0 Å². The van der Waals surface area contributed by atoms with E-state index in [1.54, 1.807) is 0 Å². The van der Waals surface area contributed by atoms with Crippen molar-refractivity contribution < 1.29 is 4.79 Å². The number of rotatable bonds is 2. The molecule has 2 N–H and O–H groups in total. The molecule has 6 heteroatoms. The second kappa shape index (κ2) is 22.6. The van der Waals surface area contributed by atoms with Gasteiger partial charge in [-0.1, -0.05) is 6.92 Å². The van der Waals surface area contributed by atoms with Crippen molar-refractivity contribution in [1.29, 1.82) is 0 Å². The normalized spacial score (nSPS) is 4.90. The molecule has 0 fully saturated rings. The van der Waals surface area contributed by atoms with Crippen LogP contribution in [0.15, 0.2) is 0 Å². The highest BCUT2D eigenvalue weighted by atomic mass is 35.5. The van der Waals surface area contributed by atoms with Gasteiger partial charge in [-0.05, 0) is 6.42 Å². The first-order valence-corrected chi connectivity index (χ1v) is 2.05. The summed E-state index contributed by atoms with van der Waals surface area (Å²) in [6.45, 7) is 1.92. The van der Waals surface area contributed by atoms with E-state index in [0.29, 0.717) is 6.42 Å². The van der Waals surface area contributed by atoms with Crippen molar-refractivity contribution >= 4 is 55.5 Å². The lowest BCUT2D eigenvalue weighted by Crippen LogP contribution is -2.08. The van der Waals surface area contributed by atoms with Crippen molar-refractivity contribution in [1.82, 2.24) is 0 Å². The molecule has 0 saturated carbocycles. The Bertz CT molecular complexity index is 61.2. The number of carbonyl (C=O) groups excluding carboxylic acids is 1. The molecule has 0 saturated heterocycles. The number of hydrogen-bond acceptors (Lipinski definition) is 1. The molecule has 1 amide bonds. The Morgan fingerprint density at radius 1 is 1.20 bits per heavy atom. The topological polar surface area (TPSA) is 43.1 Å². The smallest absolute Gasteiger partial charge is 0.217 e. The SMILES string of the molecule is CCCC(N)=O.Cl.Cl.Cl.Cl. The van der Waals surface area contributed by atoms with Gasteiger partial charge in [0.25, 0.3) is 0 Å². The summed E-state index contributed by atoms with van der Waals surface area (Å²) in [6, 6.07) is 0. The van der Waals surface area contributed by atoms with Crippen molar-refractivity contribution in [3.63, 3.8) is 0 Å². The minimum Gasteiger partial charge on any atom is -0.370 e. The van der Waals surface area contributed by atoms with Crippen LogP contribution in [0, 0.1) is 0 Å². The van der Waals surface area contributed by atoms with Crippen molar-refractivity contribution in [2.24, 2.45) is 5.73 Å². The van der Waals surface area contributed by atoms with Crippen LogP contribution in [-0.4, -0.2) is 5.91 Å². The van der Waals surface area contributed by atoms with Gasteiger partial charge in [0.15, 0.2) is 0 Å². The van der Waals surface area contributed by atoms with Crippen LogP contribution in [-0.2, 0) is 4.79 Å². The second-order valence-electron chi connectivity index (χ2n) is 1.22. The van der Waals surface area contributed by atoms with Gasteiger partial charge in [-0.3, -0.25) is 4.79 Å². The molecule has 68 valence electrons. The molecule has 0 aliphatic rings. The Hall–Kier alpha value is 0.630. The average molecular weight is 233 g/mol. The highest BCUT2D eigenvalue weighted by Gasteiger charge is 1.84. The van der Waals surface area contributed by atoms with E-state index in [2.05, 4.69) is 0 Å². The van der Waals surface area contributed by atoms with Crippen LogP contribution in [0.2, 0.25) is 0 Å². The van der Waals surface area contributed by atoms with Crippen molar-refractivity contribution in [2.75, 3.05) is 0 Å². The third-order valence-corrected chi connectivity index (χ3v) is 0.496. The van der Waals surface area contributed by atoms with E-state index < -0.39 is 0 Å². The van der Waals surface area contributed by atoms with Crippen LogP contribution >= 0.6 is 49.6 Å². The molecule has 0 rings (SSSR count). The molecule has 0 spiro atoms. The molecule has 0 aromatic carbocycles. The van der Waals surface area contributed by atoms with Crippen LogP contribution in [0.3, 0.4) is 0 Å². The summed E-state index contributed by atoms with van der Waals surface area (Å²) in [5.74, 6) is -0.211. The molecular formula is C4H13Cl4NO.